The summed E-state index contributed by atoms with van der Waals surface area (Å²) >= 11 is 0. The fourth-order valence-corrected chi connectivity index (χ4v) is 1.31. The Morgan fingerprint density at radius 3 is 2.56 bits per heavy atom. The Labute approximate surface area is 105 Å². The highest BCUT2D eigenvalue weighted by molar-refractivity contribution is 5.92. The van der Waals surface area contributed by atoms with E-state index in [4.69, 9.17) is 0 Å². The lowest BCUT2D eigenvalue weighted by Gasteiger charge is -2.03. The van der Waals surface area contributed by atoms with E-state index in [-0.39, 0.29) is 23.7 Å². The average molecular weight is 250 g/mol. The zero-order valence-corrected chi connectivity index (χ0v) is 10.2. The molecule has 0 aliphatic carbocycles. The maximum atomic E-state index is 11.2. The summed E-state index contributed by atoms with van der Waals surface area (Å²) in [6.07, 6.45) is 3.41. The maximum absolute atomic E-state index is 11.2. The van der Waals surface area contributed by atoms with E-state index in [0.717, 1.165) is 0 Å². The van der Waals surface area contributed by atoms with Crippen LogP contribution in [0.15, 0.2) is 24.3 Å². The zero-order valence-electron chi connectivity index (χ0n) is 10.2. The van der Waals surface area contributed by atoms with Gasteiger partial charge in [-0.25, -0.2) is 4.79 Å². The van der Waals surface area contributed by atoms with Gasteiger partial charge in [-0.3, -0.25) is 4.79 Å². The number of methoxy groups -OCH3 is 2. The number of rotatable bonds is 4. The number of benzene rings is 1. The van der Waals surface area contributed by atoms with Crippen molar-refractivity contribution in [2.45, 2.75) is 6.42 Å². The molecule has 0 unspecified atom stereocenters. The van der Waals surface area contributed by atoms with Crippen LogP contribution in [0.3, 0.4) is 0 Å². The van der Waals surface area contributed by atoms with Crippen molar-refractivity contribution >= 4 is 18.0 Å². The van der Waals surface area contributed by atoms with Crippen molar-refractivity contribution in [1.82, 2.24) is 0 Å². The number of hydrogen-bond donors (Lipinski definition) is 1. The molecule has 0 saturated carbocycles. The molecule has 0 aromatic heterocycles. The summed E-state index contributed by atoms with van der Waals surface area (Å²) in [5.74, 6) is -1.11. The molecule has 0 heterocycles. The van der Waals surface area contributed by atoms with Gasteiger partial charge in [0, 0.05) is 0 Å². The molecule has 1 aromatic carbocycles. The lowest BCUT2D eigenvalue weighted by atomic mass is 10.1. The molecule has 0 bridgehead atoms. The predicted molar refractivity (Wildman–Crippen MR) is 65.1 cm³/mol. The molecule has 1 aromatic rings. The van der Waals surface area contributed by atoms with E-state index >= 15 is 0 Å². The first-order valence-corrected chi connectivity index (χ1v) is 5.23. The molecule has 5 nitrogen and oxygen atoms in total. The first-order valence-electron chi connectivity index (χ1n) is 5.23. The minimum atomic E-state index is -0.599. The number of hydrogen-bond acceptors (Lipinski definition) is 5. The number of esters is 2. The molecule has 1 N–H and O–H groups in total. The summed E-state index contributed by atoms with van der Waals surface area (Å²) < 4.78 is 8.98. The third-order valence-corrected chi connectivity index (χ3v) is 2.25. The minimum absolute atomic E-state index is 0.0996. The summed E-state index contributed by atoms with van der Waals surface area (Å²) in [5.41, 5.74) is 0.770. The number of phenols is 1. The van der Waals surface area contributed by atoms with Crippen LogP contribution in [0.1, 0.15) is 22.3 Å². The first-order chi connectivity index (χ1) is 8.58. The Bertz CT molecular complexity index is 476. The first kappa shape index (κ1) is 13.8. The van der Waals surface area contributed by atoms with Crippen molar-refractivity contribution in [3.8, 4) is 5.75 Å². The Kier molecular flexibility index (Phi) is 4.92. The fourth-order valence-electron chi connectivity index (χ4n) is 1.31. The largest absolute Gasteiger partial charge is 0.507 e. The van der Waals surface area contributed by atoms with Gasteiger partial charge in [0.1, 0.15) is 11.3 Å². The number of aromatic hydroxyl groups is 1. The van der Waals surface area contributed by atoms with Gasteiger partial charge in [0.25, 0.3) is 0 Å². The number of carbonyl (C=O) groups excluding carboxylic acids is 2. The molecular weight excluding hydrogens is 236 g/mol. The smallest absolute Gasteiger partial charge is 0.341 e. The van der Waals surface area contributed by atoms with Gasteiger partial charge in [-0.2, -0.15) is 0 Å². The van der Waals surface area contributed by atoms with E-state index in [1.165, 1.54) is 26.4 Å². The standard InChI is InChI=1S/C13H14O5/c1-17-12(15)5-3-4-9-6-7-10(11(14)8-9)13(16)18-2/h3-4,6-8,14H,5H2,1-2H3. The molecule has 0 saturated heterocycles. The van der Waals surface area contributed by atoms with Crippen molar-refractivity contribution in [1.29, 1.82) is 0 Å². The second kappa shape index (κ2) is 6.44. The zero-order chi connectivity index (χ0) is 13.5. The minimum Gasteiger partial charge on any atom is -0.507 e. The van der Waals surface area contributed by atoms with E-state index in [2.05, 4.69) is 9.47 Å². The lowest BCUT2D eigenvalue weighted by Crippen LogP contribution is -2.01. The molecule has 0 aliphatic heterocycles. The number of phenolic OH excluding ortho intramolecular Hbond substituents is 1. The van der Waals surface area contributed by atoms with Crippen LogP contribution in [-0.2, 0) is 14.3 Å². The molecule has 0 atom stereocenters. The van der Waals surface area contributed by atoms with E-state index in [1.807, 2.05) is 0 Å². The van der Waals surface area contributed by atoms with Crippen LogP contribution in [0.5, 0.6) is 5.75 Å². The van der Waals surface area contributed by atoms with Crippen LogP contribution >= 0.6 is 0 Å². The molecule has 0 amide bonds. The van der Waals surface area contributed by atoms with Gasteiger partial charge in [0.05, 0.1) is 20.6 Å². The van der Waals surface area contributed by atoms with E-state index in [1.54, 1.807) is 18.2 Å². The second-order valence-corrected chi connectivity index (χ2v) is 3.45. The topological polar surface area (TPSA) is 72.8 Å². The van der Waals surface area contributed by atoms with Crippen LogP contribution in [0.2, 0.25) is 0 Å². The third kappa shape index (κ3) is 3.62. The number of ether oxygens (including phenoxy) is 2. The molecule has 0 spiro atoms. The maximum Gasteiger partial charge on any atom is 0.341 e. The summed E-state index contributed by atoms with van der Waals surface area (Å²) in [6, 6.07) is 4.51. The number of carbonyl (C=O) groups is 2. The molecule has 5 heteroatoms. The van der Waals surface area contributed by atoms with Gasteiger partial charge in [-0.1, -0.05) is 18.2 Å². The summed E-state index contributed by atoms with van der Waals surface area (Å²) in [4.78, 5) is 22.1. The highest BCUT2D eigenvalue weighted by Gasteiger charge is 2.10. The van der Waals surface area contributed by atoms with Crippen molar-refractivity contribution in [3.05, 3.63) is 35.4 Å². The average Bonchev–Trinajstić information content (AvgIpc) is 2.37. The van der Waals surface area contributed by atoms with Crippen LogP contribution < -0.4 is 0 Å². The predicted octanol–water partition coefficient (Wildman–Crippen LogP) is 1.76. The van der Waals surface area contributed by atoms with E-state index in [9.17, 15) is 14.7 Å². The Morgan fingerprint density at radius 1 is 1.28 bits per heavy atom. The van der Waals surface area contributed by atoms with Gasteiger partial charge < -0.3 is 14.6 Å². The molecular formula is C13H14O5. The van der Waals surface area contributed by atoms with Gasteiger partial charge in [-0.15, -0.1) is 0 Å². The molecule has 1 rings (SSSR count). The Morgan fingerprint density at radius 2 is 2.00 bits per heavy atom. The van der Waals surface area contributed by atoms with Crippen LogP contribution in [0.25, 0.3) is 6.08 Å². The van der Waals surface area contributed by atoms with E-state index in [0.29, 0.717) is 5.56 Å². The van der Waals surface area contributed by atoms with E-state index < -0.39 is 5.97 Å². The normalized spacial score (nSPS) is 10.3. The molecule has 96 valence electrons. The van der Waals surface area contributed by atoms with Crippen LogP contribution in [-0.4, -0.2) is 31.3 Å². The van der Waals surface area contributed by atoms with Crippen molar-refractivity contribution < 1.29 is 24.2 Å². The summed E-state index contributed by atoms with van der Waals surface area (Å²) in [5, 5.41) is 9.62. The molecule has 0 aliphatic rings. The van der Waals surface area contributed by atoms with Gasteiger partial charge >= 0.3 is 11.9 Å². The monoisotopic (exact) mass is 250 g/mol. The second-order valence-electron chi connectivity index (χ2n) is 3.45. The molecule has 0 radical (unpaired) electrons. The van der Waals surface area contributed by atoms with Crippen LogP contribution in [0, 0.1) is 0 Å². The highest BCUT2D eigenvalue weighted by atomic mass is 16.5. The highest BCUT2D eigenvalue weighted by Crippen LogP contribution is 2.20. The van der Waals surface area contributed by atoms with Gasteiger partial charge in [0.2, 0.25) is 0 Å². The van der Waals surface area contributed by atoms with Crippen molar-refractivity contribution in [3.63, 3.8) is 0 Å². The molecule has 0 fully saturated rings. The Hall–Kier alpha value is -2.30. The van der Waals surface area contributed by atoms with Gasteiger partial charge in [-0.05, 0) is 17.7 Å². The fraction of sp³-hybridized carbons (Fsp3) is 0.231. The van der Waals surface area contributed by atoms with Gasteiger partial charge in [0.15, 0.2) is 0 Å². The summed E-state index contributed by atoms with van der Waals surface area (Å²) in [6.45, 7) is 0. The quantitative estimate of drug-likeness (QED) is 0.824. The third-order valence-electron chi connectivity index (χ3n) is 2.25. The lowest BCUT2D eigenvalue weighted by molar-refractivity contribution is -0.139. The Balaban J connectivity index is 2.78. The van der Waals surface area contributed by atoms with Crippen molar-refractivity contribution in [2.75, 3.05) is 14.2 Å². The van der Waals surface area contributed by atoms with Crippen molar-refractivity contribution in [2.24, 2.45) is 0 Å². The summed E-state index contributed by atoms with van der Waals surface area (Å²) in [7, 11) is 2.55. The SMILES string of the molecule is COC(=O)CC=Cc1ccc(C(=O)OC)c(O)c1. The van der Waals surface area contributed by atoms with Crippen LogP contribution in [0.4, 0.5) is 0 Å². The molecule has 18 heavy (non-hydrogen) atoms.